The number of aromatic nitrogens is 3. The zero-order valence-electron chi connectivity index (χ0n) is 9.79. The Morgan fingerprint density at radius 1 is 1.33 bits per heavy atom. The highest BCUT2D eigenvalue weighted by atomic mass is 79.9. The second-order valence-corrected chi connectivity index (χ2v) is 8.38. The van der Waals surface area contributed by atoms with Crippen molar-refractivity contribution >= 4 is 35.8 Å². The van der Waals surface area contributed by atoms with Gasteiger partial charge in [-0.15, -0.1) is 5.10 Å². The summed E-state index contributed by atoms with van der Waals surface area (Å²) < 4.78 is 49.0. The van der Waals surface area contributed by atoms with Gasteiger partial charge in [0.05, 0.1) is 5.75 Å². The molecule has 1 N–H and O–H groups in total. The van der Waals surface area contributed by atoms with E-state index < -0.39 is 19.9 Å². The second kappa shape index (κ2) is 5.63. The van der Waals surface area contributed by atoms with Crippen molar-refractivity contribution in [2.24, 2.45) is 7.05 Å². The number of nitrogens with one attached hydrogen (secondary N) is 1. The predicted molar refractivity (Wildman–Crippen MR) is 68.2 cm³/mol. The van der Waals surface area contributed by atoms with Crippen LogP contribution in [-0.4, -0.2) is 50.4 Å². The molecule has 8 nitrogen and oxygen atoms in total. The molecule has 1 aromatic rings. The minimum atomic E-state index is -3.75. The molecule has 0 aliphatic carbocycles. The maximum Gasteiger partial charge on any atom is 0.260 e. The third kappa shape index (κ3) is 4.30. The number of halogens is 1. The first-order valence-electron chi connectivity index (χ1n) is 4.86. The fraction of sp³-hybridized carbons (Fsp3) is 0.714. The molecule has 1 heterocycles. The minimum absolute atomic E-state index is 0.0347. The molecular weight excluding hydrogens is 348 g/mol. The molecule has 0 fully saturated rings. The van der Waals surface area contributed by atoms with E-state index in [4.69, 9.17) is 0 Å². The van der Waals surface area contributed by atoms with Crippen LogP contribution in [0.25, 0.3) is 0 Å². The van der Waals surface area contributed by atoms with E-state index in [2.05, 4.69) is 31.0 Å². The lowest BCUT2D eigenvalue weighted by Crippen LogP contribution is -2.28. The third-order valence-electron chi connectivity index (χ3n) is 1.98. The van der Waals surface area contributed by atoms with E-state index >= 15 is 0 Å². The van der Waals surface area contributed by atoms with Gasteiger partial charge in [-0.05, 0) is 22.4 Å². The average molecular weight is 361 g/mol. The van der Waals surface area contributed by atoms with Crippen molar-refractivity contribution in [3.8, 4) is 0 Å². The van der Waals surface area contributed by atoms with E-state index in [1.807, 2.05) is 0 Å². The maximum atomic E-state index is 11.9. The summed E-state index contributed by atoms with van der Waals surface area (Å²) in [6.07, 6.45) is 1.31. The van der Waals surface area contributed by atoms with E-state index in [1.165, 1.54) is 7.05 Å². The van der Waals surface area contributed by atoms with Crippen LogP contribution in [0.1, 0.15) is 6.42 Å². The molecule has 0 bridgehead atoms. The van der Waals surface area contributed by atoms with E-state index in [9.17, 15) is 16.8 Å². The average Bonchev–Trinajstić information content (AvgIpc) is 2.52. The number of aryl methyl sites for hydroxylation is 1. The highest BCUT2D eigenvalue weighted by molar-refractivity contribution is 9.10. The van der Waals surface area contributed by atoms with E-state index in [-0.39, 0.29) is 28.3 Å². The van der Waals surface area contributed by atoms with Crippen LogP contribution >= 0.6 is 15.9 Å². The summed E-state index contributed by atoms with van der Waals surface area (Å²) in [5.74, 6) is -0.0691. The fourth-order valence-corrected chi connectivity index (χ4v) is 4.05. The lowest BCUT2D eigenvalue weighted by atomic mass is 10.5. The van der Waals surface area contributed by atoms with Crippen molar-refractivity contribution < 1.29 is 16.8 Å². The van der Waals surface area contributed by atoms with Gasteiger partial charge in [-0.25, -0.2) is 26.2 Å². The van der Waals surface area contributed by atoms with Crippen LogP contribution in [0.3, 0.4) is 0 Å². The molecule has 0 aliphatic rings. The summed E-state index contributed by atoms with van der Waals surface area (Å²) in [5.41, 5.74) is 0. The van der Waals surface area contributed by atoms with Crippen molar-refractivity contribution in [1.82, 2.24) is 19.7 Å². The van der Waals surface area contributed by atoms with Gasteiger partial charge in [0.2, 0.25) is 5.03 Å². The van der Waals surface area contributed by atoms with Gasteiger partial charge in [0.1, 0.15) is 9.84 Å². The van der Waals surface area contributed by atoms with Crippen LogP contribution < -0.4 is 4.72 Å². The molecule has 0 atom stereocenters. The lowest BCUT2D eigenvalue weighted by Gasteiger charge is -2.06. The number of sulfone groups is 1. The SMILES string of the molecule is Cn1nnc(Br)c1S(=O)(=O)NCCCS(C)(=O)=O. The molecule has 1 aromatic heterocycles. The van der Waals surface area contributed by atoms with E-state index in [0.29, 0.717) is 0 Å². The van der Waals surface area contributed by atoms with E-state index in [0.717, 1.165) is 10.9 Å². The van der Waals surface area contributed by atoms with Gasteiger partial charge in [0, 0.05) is 19.8 Å². The van der Waals surface area contributed by atoms with Gasteiger partial charge in [-0.1, -0.05) is 5.21 Å². The van der Waals surface area contributed by atoms with Crippen molar-refractivity contribution in [2.45, 2.75) is 11.4 Å². The Bertz CT molecular complexity index is 602. The van der Waals surface area contributed by atoms with Crippen molar-refractivity contribution in [2.75, 3.05) is 18.6 Å². The molecule has 0 spiro atoms. The minimum Gasteiger partial charge on any atom is -0.235 e. The van der Waals surface area contributed by atoms with E-state index in [1.54, 1.807) is 0 Å². The molecule has 1 rings (SSSR count). The quantitative estimate of drug-likeness (QED) is 0.670. The number of nitrogens with zero attached hydrogens (tertiary/aromatic N) is 3. The number of hydrogen-bond donors (Lipinski definition) is 1. The van der Waals surface area contributed by atoms with Gasteiger partial charge in [0.15, 0.2) is 4.60 Å². The second-order valence-electron chi connectivity index (χ2n) is 3.69. The molecule has 104 valence electrons. The Hall–Kier alpha value is -0.520. The summed E-state index contributed by atoms with van der Waals surface area (Å²) >= 11 is 2.98. The highest BCUT2D eigenvalue weighted by Gasteiger charge is 2.23. The zero-order chi connectivity index (χ0) is 14.0. The Kier molecular flexibility index (Phi) is 4.86. The van der Waals surface area contributed by atoms with Gasteiger partial charge in [-0.2, -0.15) is 0 Å². The summed E-state index contributed by atoms with van der Waals surface area (Å²) in [6, 6.07) is 0. The first kappa shape index (κ1) is 15.5. The van der Waals surface area contributed by atoms with Crippen molar-refractivity contribution in [3.05, 3.63) is 4.60 Å². The molecule has 0 saturated carbocycles. The summed E-state index contributed by atoms with van der Waals surface area (Å²) in [5, 5.41) is 7.02. The first-order chi connectivity index (χ1) is 8.13. The zero-order valence-corrected chi connectivity index (χ0v) is 13.0. The van der Waals surface area contributed by atoms with Crippen LogP contribution in [-0.2, 0) is 26.9 Å². The molecule has 0 aromatic carbocycles. The lowest BCUT2D eigenvalue weighted by molar-refractivity contribution is 0.558. The molecule has 0 aliphatic heterocycles. The van der Waals surface area contributed by atoms with Crippen molar-refractivity contribution in [1.29, 1.82) is 0 Å². The van der Waals surface area contributed by atoms with Gasteiger partial charge < -0.3 is 0 Å². The summed E-state index contributed by atoms with van der Waals surface area (Å²) in [7, 11) is -5.39. The monoisotopic (exact) mass is 360 g/mol. The molecule has 0 amide bonds. The molecule has 18 heavy (non-hydrogen) atoms. The molecule has 0 unspecified atom stereocenters. The van der Waals surface area contributed by atoms with Crippen LogP contribution in [0.5, 0.6) is 0 Å². The molecule has 0 radical (unpaired) electrons. The molecular formula is C7H13BrN4O4S2. The summed E-state index contributed by atoms with van der Waals surface area (Å²) in [4.78, 5) is 0. The summed E-state index contributed by atoms with van der Waals surface area (Å²) in [6.45, 7) is 0.0347. The van der Waals surface area contributed by atoms with Crippen LogP contribution in [0.15, 0.2) is 9.63 Å². The normalized spacial score (nSPS) is 12.8. The van der Waals surface area contributed by atoms with Crippen LogP contribution in [0.2, 0.25) is 0 Å². The van der Waals surface area contributed by atoms with Crippen molar-refractivity contribution in [3.63, 3.8) is 0 Å². The van der Waals surface area contributed by atoms with Gasteiger partial charge >= 0.3 is 0 Å². The topological polar surface area (TPSA) is 111 Å². The smallest absolute Gasteiger partial charge is 0.235 e. The Balaban J connectivity index is 2.67. The van der Waals surface area contributed by atoms with Gasteiger partial charge in [0.25, 0.3) is 10.0 Å². The fourth-order valence-electron chi connectivity index (χ4n) is 1.22. The highest BCUT2D eigenvalue weighted by Crippen LogP contribution is 2.17. The Morgan fingerprint density at radius 3 is 2.39 bits per heavy atom. The first-order valence-corrected chi connectivity index (χ1v) is 9.20. The third-order valence-corrected chi connectivity index (χ3v) is 5.35. The number of rotatable bonds is 6. The molecule has 11 heteroatoms. The largest absolute Gasteiger partial charge is 0.260 e. The number of hydrogen-bond acceptors (Lipinski definition) is 6. The number of sulfonamides is 1. The predicted octanol–water partition coefficient (Wildman–Crippen LogP) is -0.709. The standard InChI is InChI=1S/C7H13BrN4O4S2/c1-12-7(6(8)10-11-12)18(15,16)9-4-3-5-17(2,13)14/h9H,3-5H2,1-2H3. The van der Waals surface area contributed by atoms with Crippen LogP contribution in [0.4, 0.5) is 0 Å². The molecule has 0 saturated heterocycles. The van der Waals surface area contributed by atoms with Crippen LogP contribution in [0, 0.1) is 0 Å². The maximum absolute atomic E-state index is 11.9. The Morgan fingerprint density at radius 2 is 1.94 bits per heavy atom. The van der Waals surface area contributed by atoms with Gasteiger partial charge in [-0.3, -0.25) is 0 Å². The Labute approximate surface area is 114 Å².